The number of para-hydroxylation sites is 1. The van der Waals surface area contributed by atoms with Crippen molar-refractivity contribution in [2.75, 3.05) is 6.61 Å². The monoisotopic (exact) mass is 331 g/mol. The molecule has 0 aliphatic heterocycles. The lowest BCUT2D eigenvalue weighted by Gasteiger charge is -2.05. The van der Waals surface area contributed by atoms with Crippen LogP contribution in [0, 0.1) is 0 Å². The number of halogens is 1. The van der Waals surface area contributed by atoms with Gasteiger partial charge in [-0.1, -0.05) is 30.3 Å². The third-order valence-corrected chi connectivity index (χ3v) is 3.90. The Morgan fingerprint density at radius 1 is 1.27 bits per heavy atom. The molecule has 2 aromatic heterocycles. The van der Waals surface area contributed by atoms with E-state index in [1.807, 2.05) is 24.3 Å². The maximum Gasteiger partial charge on any atom is 0.359 e. The summed E-state index contributed by atoms with van der Waals surface area (Å²) in [4.78, 5) is 24.9. The van der Waals surface area contributed by atoms with Gasteiger partial charge >= 0.3 is 5.97 Å². The number of benzene rings is 1. The van der Waals surface area contributed by atoms with Crippen molar-refractivity contribution >= 4 is 39.1 Å². The summed E-state index contributed by atoms with van der Waals surface area (Å²) in [5.74, 6) is -0.607. The Labute approximate surface area is 135 Å². The standard InChI is InChI=1S/C15H10ClN3O2S/c1-9(16)8-21-15(20)13-12(17-6-7-18-13)14-19-10-4-2-3-5-11(10)22-14/h2-7H,1,8H2. The second-order valence-corrected chi connectivity index (χ2v) is 5.90. The number of hydrogen-bond donors (Lipinski definition) is 0. The summed E-state index contributed by atoms with van der Waals surface area (Å²) in [6.45, 7) is 3.40. The summed E-state index contributed by atoms with van der Waals surface area (Å²) >= 11 is 7.04. The molecule has 7 heteroatoms. The molecule has 110 valence electrons. The largest absolute Gasteiger partial charge is 0.455 e. The minimum atomic E-state index is -0.607. The number of carbonyl (C=O) groups is 1. The van der Waals surface area contributed by atoms with Crippen molar-refractivity contribution in [2.24, 2.45) is 0 Å². The van der Waals surface area contributed by atoms with Crippen molar-refractivity contribution < 1.29 is 9.53 Å². The van der Waals surface area contributed by atoms with E-state index in [1.54, 1.807) is 0 Å². The summed E-state index contributed by atoms with van der Waals surface area (Å²) in [5, 5.41) is 0.852. The van der Waals surface area contributed by atoms with Crippen molar-refractivity contribution in [3.8, 4) is 10.7 Å². The SMILES string of the molecule is C=C(Cl)COC(=O)c1nccnc1-c1nc2ccccc2s1. The second kappa shape index (κ2) is 6.21. The molecule has 0 atom stereocenters. The van der Waals surface area contributed by atoms with Crippen molar-refractivity contribution in [1.82, 2.24) is 15.0 Å². The van der Waals surface area contributed by atoms with Gasteiger partial charge in [0.05, 0.1) is 10.2 Å². The van der Waals surface area contributed by atoms with Crippen LogP contribution in [0.5, 0.6) is 0 Å². The van der Waals surface area contributed by atoms with E-state index in [9.17, 15) is 4.79 Å². The molecular weight excluding hydrogens is 322 g/mol. The van der Waals surface area contributed by atoms with E-state index in [0.29, 0.717) is 10.7 Å². The fourth-order valence-corrected chi connectivity index (χ4v) is 2.85. The lowest BCUT2D eigenvalue weighted by Crippen LogP contribution is -2.11. The summed E-state index contributed by atoms with van der Waals surface area (Å²) < 4.78 is 6.04. The fraction of sp³-hybridized carbons (Fsp3) is 0.0667. The predicted octanol–water partition coefficient (Wildman–Crippen LogP) is 3.66. The van der Waals surface area contributed by atoms with Gasteiger partial charge in [-0.15, -0.1) is 11.3 Å². The smallest absolute Gasteiger partial charge is 0.359 e. The minimum absolute atomic E-state index is 0.0732. The Morgan fingerprint density at radius 3 is 2.82 bits per heavy atom. The number of thiazole rings is 1. The molecule has 2 heterocycles. The van der Waals surface area contributed by atoms with E-state index in [4.69, 9.17) is 16.3 Å². The lowest BCUT2D eigenvalue weighted by molar-refractivity contribution is 0.0540. The molecule has 3 aromatic rings. The van der Waals surface area contributed by atoms with Crippen LogP contribution in [0.25, 0.3) is 20.9 Å². The summed E-state index contributed by atoms with van der Waals surface area (Å²) in [5.41, 5.74) is 1.36. The Hall–Kier alpha value is -2.31. The second-order valence-electron chi connectivity index (χ2n) is 4.33. The molecule has 0 aliphatic rings. The highest BCUT2D eigenvalue weighted by atomic mass is 35.5. The average Bonchev–Trinajstić information content (AvgIpc) is 2.96. The number of ether oxygens (including phenoxy) is 1. The minimum Gasteiger partial charge on any atom is -0.455 e. The molecule has 3 rings (SSSR count). The number of fused-ring (bicyclic) bond motifs is 1. The van der Waals surface area contributed by atoms with Crippen LogP contribution in [-0.2, 0) is 4.74 Å². The molecule has 0 saturated heterocycles. The quantitative estimate of drug-likeness (QED) is 0.682. The zero-order valence-electron chi connectivity index (χ0n) is 11.3. The highest BCUT2D eigenvalue weighted by molar-refractivity contribution is 7.21. The third kappa shape index (κ3) is 2.98. The van der Waals surface area contributed by atoms with Crippen LogP contribution >= 0.6 is 22.9 Å². The number of hydrogen-bond acceptors (Lipinski definition) is 6. The maximum absolute atomic E-state index is 12.1. The first kappa shape index (κ1) is 14.6. The van der Waals surface area contributed by atoms with E-state index in [1.165, 1.54) is 23.7 Å². The molecule has 0 fully saturated rings. The fourth-order valence-electron chi connectivity index (χ4n) is 1.83. The first-order valence-electron chi connectivity index (χ1n) is 6.32. The van der Waals surface area contributed by atoms with Crippen LogP contribution in [0.4, 0.5) is 0 Å². The van der Waals surface area contributed by atoms with Gasteiger partial charge in [-0.2, -0.15) is 0 Å². The van der Waals surface area contributed by atoms with Crippen molar-refractivity contribution in [3.63, 3.8) is 0 Å². The third-order valence-electron chi connectivity index (χ3n) is 2.75. The molecule has 0 amide bonds. The van der Waals surface area contributed by atoms with Gasteiger partial charge in [-0.3, -0.25) is 0 Å². The van der Waals surface area contributed by atoms with Crippen LogP contribution in [0.3, 0.4) is 0 Å². The average molecular weight is 332 g/mol. The van der Waals surface area contributed by atoms with Gasteiger partial charge in [0, 0.05) is 17.4 Å². The van der Waals surface area contributed by atoms with Gasteiger partial charge in [0.2, 0.25) is 0 Å². The van der Waals surface area contributed by atoms with Crippen LogP contribution < -0.4 is 0 Å². The summed E-state index contributed by atoms with van der Waals surface area (Å²) in [6, 6.07) is 7.70. The Bertz CT molecular complexity index is 830. The predicted molar refractivity (Wildman–Crippen MR) is 85.9 cm³/mol. The summed E-state index contributed by atoms with van der Waals surface area (Å²) in [7, 11) is 0. The van der Waals surface area contributed by atoms with Gasteiger partial charge in [-0.05, 0) is 12.1 Å². The van der Waals surface area contributed by atoms with E-state index in [0.717, 1.165) is 10.2 Å². The van der Waals surface area contributed by atoms with Crippen LogP contribution in [0.15, 0.2) is 48.3 Å². The van der Waals surface area contributed by atoms with E-state index < -0.39 is 5.97 Å². The molecule has 0 bridgehead atoms. The maximum atomic E-state index is 12.1. The highest BCUT2D eigenvalue weighted by Crippen LogP contribution is 2.30. The van der Waals surface area contributed by atoms with Crippen LogP contribution in [-0.4, -0.2) is 27.5 Å². The van der Waals surface area contributed by atoms with Gasteiger partial charge in [0.15, 0.2) is 5.69 Å². The molecule has 0 radical (unpaired) electrons. The zero-order chi connectivity index (χ0) is 15.5. The number of nitrogens with zero attached hydrogens (tertiary/aromatic N) is 3. The zero-order valence-corrected chi connectivity index (χ0v) is 12.9. The first-order valence-corrected chi connectivity index (χ1v) is 7.52. The van der Waals surface area contributed by atoms with E-state index in [2.05, 4.69) is 21.5 Å². The number of esters is 1. The molecule has 0 spiro atoms. The number of carbonyl (C=O) groups excluding carboxylic acids is 1. The molecule has 0 unspecified atom stereocenters. The van der Waals surface area contributed by atoms with Gasteiger partial charge in [-0.25, -0.2) is 19.7 Å². The normalized spacial score (nSPS) is 10.6. The molecule has 22 heavy (non-hydrogen) atoms. The molecule has 1 aromatic carbocycles. The molecule has 0 aliphatic carbocycles. The van der Waals surface area contributed by atoms with Gasteiger partial charge in [0.1, 0.15) is 17.3 Å². The van der Waals surface area contributed by atoms with Crippen molar-refractivity contribution in [1.29, 1.82) is 0 Å². The number of aromatic nitrogens is 3. The molecule has 0 saturated carbocycles. The Balaban J connectivity index is 2.00. The first-order chi connectivity index (χ1) is 10.6. The molecule has 5 nitrogen and oxygen atoms in total. The molecule has 0 N–H and O–H groups in total. The van der Waals surface area contributed by atoms with Gasteiger partial charge in [0.25, 0.3) is 0 Å². The highest BCUT2D eigenvalue weighted by Gasteiger charge is 2.20. The molecular formula is C15H10ClN3O2S. The Kier molecular flexibility index (Phi) is 4.13. The lowest BCUT2D eigenvalue weighted by atomic mass is 10.3. The van der Waals surface area contributed by atoms with Crippen molar-refractivity contribution in [2.45, 2.75) is 0 Å². The summed E-state index contributed by atoms with van der Waals surface area (Å²) in [6.07, 6.45) is 2.95. The van der Waals surface area contributed by atoms with Gasteiger partial charge < -0.3 is 4.74 Å². The topological polar surface area (TPSA) is 65.0 Å². The van der Waals surface area contributed by atoms with E-state index in [-0.39, 0.29) is 17.3 Å². The van der Waals surface area contributed by atoms with Crippen molar-refractivity contribution in [3.05, 3.63) is 54.0 Å². The van der Waals surface area contributed by atoms with E-state index >= 15 is 0 Å². The Morgan fingerprint density at radius 2 is 2.05 bits per heavy atom. The van der Waals surface area contributed by atoms with Crippen LogP contribution in [0.1, 0.15) is 10.5 Å². The van der Waals surface area contributed by atoms with Crippen LogP contribution in [0.2, 0.25) is 0 Å². The number of rotatable bonds is 4.